The molecule has 84 valence electrons. The SMILES string of the molecule is CN1CCC(NCCc2cccs2)CC1. The van der Waals surface area contributed by atoms with Crippen molar-refractivity contribution in [1.29, 1.82) is 0 Å². The van der Waals surface area contributed by atoms with Gasteiger partial charge in [0.25, 0.3) is 0 Å². The molecule has 1 fully saturated rings. The van der Waals surface area contributed by atoms with E-state index in [0.717, 1.165) is 12.6 Å². The van der Waals surface area contributed by atoms with E-state index in [1.807, 2.05) is 11.3 Å². The van der Waals surface area contributed by atoms with Crippen LogP contribution >= 0.6 is 11.3 Å². The molecule has 0 spiro atoms. The third-order valence-corrected chi connectivity index (χ3v) is 4.04. The van der Waals surface area contributed by atoms with Gasteiger partial charge >= 0.3 is 0 Å². The predicted octanol–water partition coefficient (Wildman–Crippen LogP) is 1.97. The lowest BCUT2D eigenvalue weighted by Gasteiger charge is -2.29. The van der Waals surface area contributed by atoms with Gasteiger partial charge in [-0.1, -0.05) is 6.07 Å². The van der Waals surface area contributed by atoms with E-state index in [2.05, 4.69) is 34.8 Å². The second-order valence-electron chi connectivity index (χ2n) is 4.36. The molecule has 3 heteroatoms. The molecular formula is C12H20N2S. The van der Waals surface area contributed by atoms with Gasteiger partial charge in [-0.15, -0.1) is 11.3 Å². The van der Waals surface area contributed by atoms with E-state index in [9.17, 15) is 0 Å². The molecule has 2 heterocycles. The molecule has 15 heavy (non-hydrogen) atoms. The Morgan fingerprint density at radius 2 is 2.27 bits per heavy atom. The van der Waals surface area contributed by atoms with E-state index in [-0.39, 0.29) is 0 Å². The Morgan fingerprint density at radius 3 is 2.93 bits per heavy atom. The highest BCUT2D eigenvalue weighted by atomic mass is 32.1. The van der Waals surface area contributed by atoms with Crippen LogP contribution in [0.2, 0.25) is 0 Å². The standard InChI is InChI=1S/C12H20N2S/c1-14-8-5-11(6-9-14)13-7-4-12-3-2-10-15-12/h2-3,10-11,13H,4-9H2,1H3. The number of likely N-dealkylation sites (tertiary alicyclic amines) is 1. The summed E-state index contributed by atoms with van der Waals surface area (Å²) in [6, 6.07) is 5.11. The summed E-state index contributed by atoms with van der Waals surface area (Å²) in [5.41, 5.74) is 0. The molecule has 0 saturated carbocycles. The minimum Gasteiger partial charge on any atom is -0.314 e. The highest BCUT2D eigenvalue weighted by Crippen LogP contribution is 2.10. The third-order valence-electron chi connectivity index (χ3n) is 3.10. The van der Waals surface area contributed by atoms with Crippen LogP contribution in [0.1, 0.15) is 17.7 Å². The van der Waals surface area contributed by atoms with Crippen LogP contribution in [0.25, 0.3) is 0 Å². The fourth-order valence-electron chi connectivity index (χ4n) is 2.07. The molecule has 0 unspecified atom stereocenters. The van der Waals surface area contributed by atoms with Crippen molar-refractivity contribution in [3.8, 4) is 0 Å². The molecule has 0 radical (unpaired) electrons. The molecule has 0 atom stereocenters. The first-order valence-electron chi connectivity index (χ1n) is 5.79. The number of hydrogen-bond donors (Lipinski definition) is 1. The van der Waals surface area contributed by atoms with Crippen LogP contribution in [0.3, 0.4) is 0 Å². The first-order chi connectivity index (χ1) is 7.34. The van der Waals surface area contributed by atoms with Crippen LogP contribution < -0.4 is 5.32 Å². The van der Waals surface area contributed by atoms with Gasteiger partial charge in [-0.3, -0.25) is 0 Å². The van der Waals surface area contributed by atoms with E-state index in [1.165, 1.54) is 37.2 Å². The first-order valence-corrected chi connectivity index (χ1v) is 6.67. The second-order valence-corrected chi connectivity index (χ2v) is 5.39. The Morgan fingerprint density at radius 1 is 1.47 bits per heavy atom. The zero-order valence-electron chi connectivity index (χ0n) is 9.41. The van der Waals surface area contributed by atoms with Gasteiger partial charge in [0.2, 0.25) is 0 Å². The second kappa shape index (κ2) is 5.64. The monoisotopic (exact) mass is 224 g/mol. The van der Waals surface area contributed by atoms with Crippen molar-refractivity contribution in [2.75, 3.05) is 26.7 Å². The minimum atomic E-state index is 0.751. The van der Waals surface area contributed by atoms with Crippen molar-refractivity contribution in [2.45, 2.75) is 25.3 Å². The first kappa shape index (κ1) is 11.1. The summed E-state index contributed by atoms with van der Waals surface area (Å²) in [5, 5.41) is 5.82. The van der Waals surface area contributed by atoms with Crippen LogP contribution in [0.5, 0.6) is 0 Å². The molecule has 0 aromatic carbocycles. The van der Waals surface area contributed by atoms with E-state index < -0.39 is 0 Å². The molecular weight excluding hydrogens is 204 g/mol. The van der Waals surface area contributed by atoms with Crippen LogP contribution in [-0.2, 0) is 6.42 Å². The maximum absolute atomic E-state index is 3.66. The van der Waals surface area contributed by atoms with Gasteiger partial charge in [0, 0.05) is 17.5 Å². The maximum Gasteiger partial charge on any atom is 0.00915 e. The normalized spacial score (nSPS) is 19.5. The molecule has 0 bridgehead atoms. The van der Waals surface area contributed by atoms with Crippen molar-refractivity contribution in [1.82, 2.24) is 10.2 Å². The summed E-state index contributed by atoms with van der Waals surface area (Å²) < 4.78 is 0. The lowest BCUT2D eigenvalue weighted by molar-refractivity contribution is 0.235. The summed E-state index contributed by atoms with van der Waals surface area (Å²) >= 11 is 1.86. The van der Waals surface area contributed by atoms with Crippen LogP contribution in [0.15, 0.2) is 17.5 Å². The number of thiophene rings is 1. The van der Waals surface area contributed by atoms with Crippen molar-refractivity contribution >= 4 is 11.3 Å². The number of hydrogen-bond acceptors (Lipinski definition) is 3. The highest BCUT2D eigenvalue weighted by molar-refractivity contribution is 7.09. The lowest BCUT2D eigenvalue weighted by Crippen LogP contribution is -2.41. The average molecular weight is 224 g/mol. The largest absolute Gasteiger partial charge is 0.314 e. The van der Waals surface area contributed by atoms with Crippen molar-refractivity contribution < 1.29 is 0 Å². The number of rotatable bonds is 4. The molecule has 0 amide bonds. The van der Waals surface area contributed by atoms with E-state index in [1.54, 1.807) is 0 Å². The fourth-order valence-corrected chi connectivity index (χ4v) is 2.78. The molecule has 1 aromatic heterocycles. The molecule has 1 N–H and O–H groups in total. The topological polar surface area (TPSA) is 15.3 Å². The Labute approximate surface area is 96.3 Å². The van der Waals surface area contributed by atoms with Crippen LogP contribution in [0.4, 0.5) is 0 Å². The molecule has 2 nitrogen and oxygen atoms in total. The summed E-state index contributed by atoms with van der Waals surface area (Å²) in [5.74, 6) is 0. The summed E-state index contributed by atoms with van der Waals surface area (Å²) in [7, 11) is 2.21. The molecule has 1 aliphatic heterocycles. The number of piperidine rings is 1. The third kappa shape index (κ3) is 3.59. The predicted molar refractivity (Wildman–Crippen MR) is 66.5 cm³/mol. The van der Waals surface area contributed by atoms with Crippen molar-refractivity contribution in [3.63, 3.8) is 0 Å². The fraction of sp³-hybridized carbons (Fsp3) is 0.667. The zero-order chi connectivity index (χ0) is 10.5. The Hall–Kier alpha value is -0.380. The average Bonchev–Trinajstić information content (AvgIpc) is 2.74. The van der Waals surface area contributed by atoms with Gasteiger partial charge in [-0.2, -0.15) is 0 Å². The quantitative estimate of drug-likeness (QED) is 0.841. The van der Waals surface area contributed by atoms with Crippen LogP contribution in [-0.4, -0.2) is 37.6 Å². The Balaban J connectivity index is 1.62. The van der Waals surface area contributed by atoms with Crippen molar-refractivity contribution in [2.24, 2.45) is 0 Å². The Kier molecular flexibility index (Phi) is 4.18. The highest BCUT2D eigenvalue weighted by Gasteiger charge is 2.15. The van der Waals surface area contributed by atoms with Gasteiger partial charge in [-0.05, 0) is 50.8 Å². The van der Waals surface area contributed by atoms with Gasteiger partial charge in [0.15, 0.2) is 0 Å². The van der Waals surface area contributed by atoms with Gasteiger partial charge in [-0.25, -0.2) is 0 Å². The summed E-state index contributed by atoms with van der Waals surface area (Å²) in [4.78, 5) is 3.91. The minimum absolute atomic E-state index is 0.751. The zero-order valence-corrected chi connectivity index (χ0v) is 10.2. The lowest BCUT2D eigenvalue weighted by atomic mass is 10.1. The number of nitrogens with one attached hydrogen (secondary N) is 1. The van der Waals surface area contributed by atoms with E-state index >= 15 is 0 Å². The van der Waals surface area contributed by atoms with Gasteiger partial charge in [0.05, 0.1) is 0 Å². The molecule has 2 rings (SSSR count). The Bertz CT molecular complexity index is 263. The van der Waals surface area contributed by atoms with E-state index in [4.69, 9.17) is 0 Å². The van der Waals surface area contributed by atoms with Gasteiger partial charge < -0.3 is 10.2 Å². The van der Waals surface area contributed by atoms with Gasteiger partial charge in [0.1, 0.15) is 0 Å². The van der Waals surface area contributed by atoms with Crippen LogP contribution in [0, 0.1) is 0 Å². The maximum atomic E-state index is 3.66. The smallest absolute Gasteiger partial charge is 0.00915 e. The van der Waals surface area contributed by atoms with E-state index in [0.29, 0.717) is 0 Å². The molecule has 1 saturated heterocycles. The summed E-state index contributed by atoms with van der Waals surface area (Å²) in [6.45, 7) is 3.63. The summed E-state index contributed by atoms with van der Waals surface area (Å²) in [6.07, 6.45) is 3.80. The number of nitrogens with zero attached hydrogens (tertiary/aromatic N) is 1. The molecule has 1 aromatic rings. The molecule has 1 aliphatic rings. The van der Waals surface area contributed by atoms with Crippen molar-refractivity contribution in [3.05, 3.63) is 22.4 Å². The molecule has 0 aliphatic carbocycles.